The number of hydrogen-bond donors (Lipinski definition) is 0. The highest BCUT2D eigenvalue weighted by Crippen LogP contribution is 2.30. The standard InChI is InChI=1S/C9H11ClN2O3S/c1-2-7-6-12(10)16(13,14)8-4-3-5-11-9(8)15-7/h3-5,7H,2,6H2,1H3. The Hall–Kier alpha value is -0.850. The molecule has 1 aromatic heterocycles. The number of fused-ring (bicyclic) bond motifs is 1. The smallest absolute Gasteiger partial charge is 0.261 e. The Balaban J connectivity index is 2.56. The van der Waals surface area contributed by atoms with Crippen LogP contribution in [0.5, 0.6) is 5.88 Å². The lowest BCUT2D eigenvalue weighted by Gasteiger charge is -2.15. The molecular formula is C9H11ClN2O3S. The van der Waals surface area contributed by atoms with E-state index in [9.17, 15) is 8.42 Å². The van der Waals surface area contributed by atoms with E-state index in [-0.39, 0.29) is 23.4 Å². The second-order valence-electron chi connectivity index (χ2n) is 3.43. The molecule has 0 radical (unpaired) electrons. The van der Waals surface area contributed by atoms with Gasteiger partial charge in [0.05, 0.1) is 6.54 Å². The fourth-order valence-corrected chi connectivity index (χ4v) is 2.96. The quantitative estimate of drug-likeness (QED) is 0.718. The molecule has 16 heavy (non-hydrogen) atoms. The van der Waals surface area contributed by atoms with Crippen LogP contribution in [0.3, 0.4) is 0 Å². The van der Waals surface area contributed by atoms with Gasteiger partial charge in [-0.1, -0.05) is 6.92 Å². The number of pyridine rings is 1. The van der Waals surface area contributed by atoms with Gasteiger partial charge < -0.3 is 4.74 Å². The van der Waals surface area contributed by atoms with Crippen molar-refractivity contribution in [2.45, 2.75) is 24.3 Å². The van der Waals surface area contributed by atoms with Gasteiger partial charge in [-0.2, -0.15) is 0 Å². The van der Waals surface area contributed by atoms with Gasteiger partial charge in [0.2, 0.25) is 5.88 Å². The average Bonchev–Trinajstić information content (AvgIpc) is 2.36. The summed E-state index contributed by atoms with van der Waals surface area (Å²) in [7, 11) is -3.69. The topological polar surface area (TPSA) is 59.5 Å². The molecule has 1 unspecified atom stereocenters. The number of aromatic nitrogens is 1. The van der Waals surface area contributed by atoms with E-state index in [1.54, 1.807) is 0 Å². The Morgan fingerprint density at radius 1 is 1.69 bits per heavy atom. The summed E-state index contributed by atoms with van der Waals surface area (Å²) in [6.07, 6.45) is 1.88. The van der Waals surface area contributed by atoms with E-state index >= 15 is 0 Å². The summed E-state index contributed by atoms with van der Waals surface area (Å²) >= 11 is 5.75. The molecule has 0 saturated carbocycles. The summed E-state index contributed by atoms with van der Waals surface area (Å²) in [5.74, 6) is 0.123. The van der Waals surface area contributed by atoms with Gasteiger partial charge in [0.15, 0.2) is 0 Å². The highest BCUT2D eigenvalue weighted by Gasteiger charge is 2.33. The molecule has 0 saturated heterocycles. The first kappa shape index (κ1) is 11.6. The molecule has 0 aromatic carbocycles. The zero-order chi connectivity index (χ0) is 11.8. The van der Waals surface area contributed by atoms with Crippen LogP contribution in [0.25, 0.3) is 0 Å². The summed E-state index contributed by atoms with van der Waals surface area (Å²) < 4.78 is 30.2. The molecule has 0 amide bonds. The molecule has 0 aliphatic carbocycles. The number of halogens is 1. The van der Waals surface area contributed by atoms with Gasteiger partial charge in [-0.25, -0.2) is 13.4 Å². The second-order valence-corrected chi connectivity index (χ2v) is 5.87. The van der Waals surface area contributed by atoms with Crippen molar-refractivity contribution in [1.82, 2.24) is 8.81 Å². The van der Waals surface area contributed by atoms with Crippen molar-refractivity contribution in [3.8, 4) is 5.88 Å². The maximum Gasteiger partial charge on any atom is 0.261 e. The van der Waals surface area contributed by atoms with Crippen LogP contribution in [0.2, 0.25) is 0 Å². The molecule has 1 atom stereocenters. The normalized spacial score (nSPS) is 24.2. The van der Waals surface area contributed by atoms with Gasteiger partial charge in [0.1, 0.15) is 11.0 Å². The Bertz CT molecular complexity index is 491. The van der Waals surface area contributed by atoms with Crippen LogP contribution >= 0.6 is 11.8 Å². The van der Waals surface area contributed by atoms with E-state index in [0.717, 1.165) is 3.82 Å². The summed E-state index contributed by atoms with van der Waals surface area (Å²) in [6.45, 7) is 2.02. The molecule has 0 fully saturated rings. The molecule has 2 rings (SSSR count). The van der Waals surface area contributed by atoms with Crippen LogP contribution in [0, 0.1) is 0 Å². The number of sulfonamides is 1. The molecule has 1 aliphatic heterocycles. The predicted octanol–water partition coefficient (Wildman–Crippen LogP) is 1.40. The van der Waals surface area contributed by atoms with E-state index < -0.39 is 10.0 Å². The van der Waals surface area contributed by atoms with Gasteiger partial charge in [-0.3, -0.25) is 0 Å². The van der Waals surface area contributed by atoms with Gasteiger partial charge >= 0.3 is 0 Å². The maximum absolute atomic E-state index is 12.0. The van der Waals surface area contributed by atoms with E-state index in [1.165, 1.54) is 18.3 Å². The minimum atomic E-state index is -3.69. The van der Waals surface area contributed by atoms with E-state index in [0.29, 0.717) is 6.42 Å². The molecule has 5 nitrogen and oxygen atoms in total. The summed E-state index contributed by atoms with van der Waals surface area (Å²) in [6, 6.07) is 2.97. The minimum Gasteiger partial charge on any atom is -0.472 e. The Morgan fingerprint density at radius 2 is 2.44 bits per heavy atom. The van der Waals surface area contributed by atoms with Gasteiger partial charge in [0.25, 0.3) is 10.0 Å². The Labute approximate surface area is 99.2 Å². The third-order valence-electron chi connectivity index (χ3n) is 2.36. The number of hydrogen-bond acceptors (Lipinski definition) is 4. The highest BCUT2D eigenvalue weighted by atomic mass is 35.5. The third-order valence-corrected chi connectivity index (χ3v) is 4.58. The van der Waals surface area contributed by atoms with Gasteiger partial charge in [0, 0.05) is 6.20 Å². The second kappa shape index (κ2) is 4.20. The van der Waals surface area contributed by atoms with Crippen LogP contribution in [0.4, 0.5) is 0 Å². The lowest BCUT2D eigenvalue weighted by Crippen LogP contribution is -2.29. The highest BCUT2D eigenvalue weighted by molar-refractivity contribution is 7.90. The molecule has 88 valence electrons. The first-order valence-electron chi connectivity index (χ1n) is 4.86. The molecule has 0 N–H and O–H groups in total. The lowest BCUT2D eigenvalue weighted by atomic mass is 10.3. The van der Waals surface area contributed by atoms with Crippen molar-refractivity contribution >= 4 is 21.8 Å². The van der Waals surface area contributed by atoms with Gasteiger partial charge in [-0.05, 0) is 30.3 Å². The zero-order valence-corrected chi connectivity index (χ0v) is 10.2. The van der Waals surface area contributed by atoms with Crippen LogP contribution in [0.15, 0.2) is 23.2 Å². The predicted molar refractivity (Wildman–Crippen MR) is 58.7 cm³/mol. The SMILES string of the molecule is CCC1CN(Cl)S(=O)(=O)c2cccnc2O1. The van der Waals surface area contributed by atoms with Crippen LogP contribution in [0.1, 0.15) is 13.3 Å². The van der Waals surface area contributed by atoms with E-state index in [1.807, 2.05) is 6.92 Å². The molecule has 7 heteroatoms. The Morgan fingerprint density at radius 3 is 3.12 bits per heavy atom. The van der Waals surface area contributed by atoms with Gasteiger partial charge in [-0.15, -0.1) is 3.82 Å². The first-order valence-corrected chi connectivity index (χ1v) is 6.63. The van der Waals surface area contributed by atoms with E-state index in [4.69, 9.17) is 16.5 Å². The number of nitrogens with zero attached hydrogens (tertiary/aromatic N) is 2. The average molecular weight is 263 g/mol. The van der Waals surface area contributed by atoms with E-state index in [2.05, 4.69) is 4.98 Å². The maximum atomic E-state index is 12.0. The summed E-state index contributed by atoms with van der Waals surface area (Å²) in [5.41, 5.74) is 0. The largest absolute Gasteiger partial charge is 0.472 e. The molecule has 2 heterocycles. The summed E-state index contributed by atoms with van der Waals surface area (Å²) in [5, 5.41) is 0. The molecule has 0 spiro atoms. The van der Waals surface area contributed by atoms with Crippen molar-refractivity contribution in [1.29, 1.82) is 0 Å². The first-order chi connectivity index (χ1) is 7.55. The van der Waals surface area contributed by atoms with Crippen molar-refractivity contribution < 1.29 is 13.2 Å². The van der Waals surface area contributed by atoms with Crippen molar-refractivity contribution in [2.75, 3.05) is 6.54 Å². The molecular weight excluding hydrogens is 252 g/mol. The van der Waals surface area contributed by atoms with Crippen molar-refractivity contribution in [3.05, 3.63) is 18.3 Å². The minimum absolute atomic E-state index is 0.0148. The third kappa shape index (κ3) is 1.88. The van der Waals surface area contributed by atoms with Crippen molar-refractivity contribution in [2.24, 2.45) is 0 Å². The number of rotatable bonds is 1. The molecule has 0 bridgehead atoms. The van der Waals surface area contributed by atoms with Crippen LogP contribution in [-0.4, -0.2) is 29.9 Å². The zero-order valence-electron chi connectivity index (χ0n) is 8.63. The monoisotopic (exact) mass is 262 g/mol. The van der Waals surface area contributed by atoms with Crippen LogP contribution < -0.4 is 4.74 Å². The van der Waals surface area contributed by atoms with Crippen LogP contribution in [-0.2, 0) is 10.0 Å². The molecule has 1 aliphatic rings. The summed E-state index contributed by atoms with van der Waals surface area (Å²) in [4.78, 5) is 3.94. The lowest BCUT2D eigenvalue weighted by molar-refractivity contribution is 0.179. The van der Waals surface area contributed by atoms with Crippen molar-refractivity contribution in [3.63, 3.8) is 0 Å². The fourth-order valence-electron chi connectivity index (χ4n) is 1.43. The fraction of sp³-hybridized carbons (Fsp3) is 0.444. The Kier molecular flexibility index (Phi) is 3.05. The molecule has 1 aromatic rings. The number of ether oxygens (including phenoxy) is 1.